The Morgan fingerprint density at radius 3 is 2.76 bits per heavy atom. The van der Waals surface area contributed by atoms with E-state index in [0.29, 0.717) is 6.54 Å². The predicted octanol–water partition coefficient (Wildman–Crippen LogP) is 3.00. The zero-order chi connectivity index (χ0) is 15.9. The number of hydrogen-bond donors (Lipinski definition) is 3. The van der Waals surface area contributed by atoms with Gasteiger partial charge in [0.05, 0.1) is 6.04 Å². The van der Waals surface area contributed by atoms with Crippen LogP contribution in [0.4, 0.5) is 4.79 Å². The van der Waals surface area contributed by atoms with E-state index in [1.165, 1.54) is 0 Å². The molecule has 0 radical (unpaired) electrons. The smallest absolute Gasteiger partial charge is 0.315 e. The van der Waals surface area contributed by atoms with E-state index in [-0.39, 0.29) is 24.1 Å². The number of aliphatic hydroxyl groups excluding tert-OH is 1. The minimum absolute atomic E-state index is 0.0300. The average molecular weight is 313 g/mol. The van der Waals surface area contributed by atoms with Crippen LogP contribution in [-0.4, -0.2) is 29.3 Å². The summed E-state index contributed by atoms with van der Waals surface area (Å²) in [6.45, 7) is 8.81. The van der Waals surface area contributed by atoms with Crippen LogP contribution < -0.4 is 10.6 Å². The lowest BCUT2D eigenvalue weighted by molar-refractivity contribution is 0.148. The second kappa shape index (κ2) is 8.34. The van der Waals surface area contributed by atoms with Crippen molar-refractivity contribution in [3.8, 4) is 0 Å². The number of aromatic nitrogens is 1. The third-order valence-electron chi connectivity index (χ3n) is 3.39. The van der Waals surface area contributed by atoms with E-state index in [9.17, 15) is 9.90 Å². The highest BCUT2D eigenvalue weighted by Gasteiger charge is 2.17. The van der Waals surface area contributed by atoms with Crippen molar-refractivity contribution in [3.05, 3.63) is 16.1 Å². The van der Waals surface area contributed by atoms with Gasteiger partial charge in [-0.25, -0.2) is 9.78 Å². The molecule has 0 aliphatic carbocycles. The molecule has 0 spiro atoms. The van der Waals surface area contributed by atoms with Crippen LogP contribution in [0.5, 0.6) is 0 Å². The number of aryl methyl sites for hydroxylation is 1. The van der Waals surface area contributed by atoms with Gasteiger partial charge >= 0.3 is 6.03 Å². The molecule has 1 aromatic rings. The highest BCUT2D eigenvalue weighted by molar-refractivity contribution is 7.09. The maximum absolute atomic E-state index is 11.9. The maximum Gasteiger partial charge on any atom is 0.315 e. The molecule has 0 saturated heterocycles. The minimum atomic E-state index is -0.156. The van der Waals surface area contributed by atoms with E-state index in [0.717, 1.165) is 30.0 Å². The van der Waals surface area contributed by atoms with Gasteiger partial charge in [0.2, 0.25) is 0 Å². The summed E-state index contributed by atoms with van der Waals surface area (Å²) < 4.78 is 0. The fourth-order valence-electron chi connectivity index (χ4n) is 1.93. The predicted molar refractivity (Wildman–Crippen MR) is 86.5 cm³/mol. The molecule has 1 rings (SSSR count). The molecular weight excluding hydrogens is 286 g/mol. The number of urea groups is 1. The number of rotatable bonds is 8. The lowest BCUT2D eigenvalue weighted by Crippen LogP contribution is -2.38. The Labute approximate surface area is 131 Å². The van der Waals surface area contributed by atoms with Crippen LogP contribution in [0.1, 0.15) is 56.8 Å². The molecule has 21 heavy (non-hydrogen) atoms. The van der Waals surface area contributed by atoms with E-state index in [1.54, 1.807) is 11.3 Å². The molecule has 0 saturated carbocycles. The molecule has 0 aromatic carbocycles. The van der Waals surface area contributed by atoms with Gasteiger partial charge in [0.15, 0.2) is 0 Å². The van der Waals surface area contributed by atoms with Gasteiger partial charge in [-0.15, -0.1) is 11.3 Å². The number of aliphatic hydroxyl groups is 1. The first kappa shape index (κ1) is 17.9. The largest absolute Gasteiger partial charge is 0.396 e. The van der Waals surface area contributed by atoms with E-state index in [1.807, 2.05) is 33.1 Å². The molecule has 0 fully saturated rings. The first-order valence-electron chi connectivity index (χ1n) is 7.45. The molecule has 0 aliphatic heterocycles. The summed E-state index contributed by atoms with van der Waals surface area (Å²) in [7, 11) is 0. The van der Waals surface area contributed by atoms with Crippen LogP contribution in [0.15, 0.2) is 5.38 Å². The Morgan fingerprint density at radius 1 is 1.52 bits per heavy atom. The molecule has 1 atom stereocenters. The second-order valence-corrected chi connectivity index (χ2v) is 7.00. The highest BCUT2D eigenvalue weighted by Crippen LogP contribution is 2.21. The summed E-state index contributed by atoms with van der Waals surface area (Å²) in [5.41, 5.74) is 0.907. The normalized spacial score (nSPS) is 13.0. The second-order valence-electron chi connectivity index (χ2n) is 6.11. The molecule has 3 N–H and O–H groups in total. The molecule has 120 valence electrons. The zero-order valence-corrected chi connectivity index (χ0v) is 14.2. The van der Waals surface area contributed by atoms with Crippen molar-refractivity contribution in [1.29, 1.82) is 0 Å². The third-order valence-corrected chi connectivity index (χ3v) is 4.47. The number of thiazole rings is 1. The number of carbonyl (C=O) groups excluding carboxylic acids is 1. The number of nitrogens with one attached hydrogen (secondary N) is 2. The lowest BCUT2D eigenvalue weighted by atomic mass is 9.89. The van der Waals surface area contributed by atoms with Gasteiger partial charge in [0.1, 0.15) is 5.01 Å². The monoisotopic (exact) mass is 313 g/mol. The Hall–Kier alpha value is -1.14. The van der Waals surface area contributed by atoms with Crippen molar-refractivity contribution < 1.29 is 9.90 Å². The van der Waals surface area contributed by atoms with E-state index in [4.69, 9.17) is 0 Å². The minimum Gasteiger partial charge on any atom is -0.396 e. The van der Waals surface area contributed by atoms with E-state index >= 15 is 0 Å². The number of amides is 2. The van der Waals surface area contributed by atoms with Crippen LogP contribution in [0.2, 0.25) is 0 Å². The maximum atomic E-state index is 11.9. The molecule has 1 heterocycles. The molecule has 5 nitrogen and oxygen atoms in total. The third kappa shape index (κ3) is 6.44. The van der Waals surface area contributed by atoms with Gasteiger partial charge in [0.25, 0.3) is 0 Å². The standard InChI is InChI=1S/C15H27N3O2S/c1-5-12(13-17-11(2)9-21-13)18-14(20)16-8-6-7-15(3,4)10-19/h9,12,19H,5-8,10H2,1-4H3,(H2,16,18,20). The van der Waals surface area contributed by atoms with Crippen LogP contribution in [0, 0.1) is 12.3 Å². The first-order chi connectivity index (χ1) is 9.88. The first-order valence-corrected chi connectivity index (χ1v) is 8.33. The molecule has 2 amide bonds. The van der Waals surface area contributed by atoms with E-state index < -0.39 is 0 Å². The summed E-state index contributed by atoms with van der Waals surface area (Å²) in [6.07, 6.45) is 2.55. The van der Waals surface area contributed by atoms with Gasteiger partial charge < -0.3 is 15.7 Å². The highest BCUT2D eigenvalue weighted by atomic mass is 32.1. The lowest BCUT2D eigenvalue weighted by Gasteiger charge is -2.21. The molecular formula is C15H27N3O2S. The van der Waals surface area contributed by atoms with Crippen molar-refractivity contribution in [2.24, 2.45) is 5.41 Å². The van der Waals surface area contributed by atoms with Gasteiger partial charge in [-0.05, 0) is 31.6 Å². The fourth-order valence-corrected chi connectivity index (χ4v) is 2.86. The number of nitrogens with zero attached hydrogens (tertiary/aromatic N) is 1. The van der Waals surface area contributed by atoms with Crippen molar-refractivity contribution in [2.75, 3.05) is 13.2 Å². The Morgan fingerprint density at radius 2 is 2.24 bits per heavy atom. The van der Waals surface area contributed by atoms with Crippen molar-refractivity contribution in [1.82, 2.24) is 15.6 Å². The quantitative estimate of drug-likeness (QED) is 0.646. The summed E-state index contributed by atoms with van der Waals surface area (Å²) in [5.74, 6) is 0. The van der Waals surface area contributed by atoms with Crippen LogP contribution in [0.3, 0.4) is 0 Å². The number of hydrogen-bond acceptors (Lipinski definition) is 4. The van der Waals surface area contributed by atoms with Gasteiger partial charge in [-0.3, -0.25) is 0 Å². The molecule has 6 heteroatoms. The summed E-state index contributed by atoms with van der Waals surface area (Å²) in [5, 5.41) is 17.9. The SMILES string of the molecule is CCC(NC(=O)NCCCC(C)(C)CO)c1nc(C)cs1. The topological polar surface area (TPSA) is 74.2 Å². The molecule has 1 unspecified atom stereocenters. The Balaban J connectivity index is 2.32. The van der Waals surface area contributed by atoms with Crippen LogP contribution >= 0.6 is 11.3 Å². The van der Waals surface area contributed by atoms with Crippen molar-refractivity contribution in [3.63, 3.8) is 0 Å². The van der Waals surface area contributed by atoms with Crippen molar-refractivity contribution >= 4 is 17.4 Å². The van der Waals surface area contributed by atoms with Gasteiger partial charge in [-0.1, -0.05) is 20.8 Å². The molecule has 0 aliphatic rings. The average Bonchev–Trinajstić information content (AvgIpc) is 2.87. The van der Waals surface area contributed by atoms with Crippen molar-refractivity contribution in [2.45, 2.75) is 53.0 Å². The van der Waals surface area contributed by atoms with E-state index in [2.05, 4.69) is 15.6 Å². The summed E-state index contributed by atoms with van der Waals surface area (Å²) in [6, 6.07) is -0.186. The Kier molecular flexibility index (Phi) is 7.11. The fraction of sp³-hybridized carbons (Fsp3) is 0.733. The Bertz CT molecular complexity index is 446. The van der Waals surface area contributed by atoms with Gasteiger partial charge in [0, 0.05) is 24.2 Å². The van der Waals surface area contributed by atoms with Crippen LogP contribution in [0.25, 0.3) is 0 Å². The van der Waals surface area contributed by atoms with Gasteiger partial charge in [-0.2, -0.15) is 0 Å². The van der Waals surface area contributed by atoms with Crippen LogP contribution in [-0.2, 0) is 0 Å². The molecule has 1 aromatic heterocycles. The summed E-state index contributed by atoms with van der Waals surface area (Å²) >= 11 is 1.58. The summed E-state index contributed by atoms with van der Waals surface area (Å²) in [4.78, 5) is 16.3. The molecule has 0 bridgehead atoms. The zero-order valence-electron chi connectivity index (χ0n) is 13.4. The number of carbonyl (C=O) groups is 1.